The van der Waals surface area contributed by atoms with Gasteiger partial charge in [-0.1, -0.05) is 17.3 Å². The topological polar surface area (TPSA) is 114 Å². The fourth-order valence-corrected chi connectivity index (χ4v) is 2.76. The van der Waals surface area contributed by atoms with Crippen LogP contribution in [0.5, 0.6) is 11.5 Å². The number of nitrogens with zero attached hydrogens (tertiary/aromatic N) is 2. The van der Waals surface area contributed by atoms with Crippen LogP contribution in [0.15, 0.2) is 47.0 Å². The van der Waals surface area contributed by atoms with Crippen molar-refractivity contribution >= 4 is 11.7 Å². The SMILES string of the molecule is COc1cc(C(=O)OCc2cccc([N+](=O)[O-])c2)ccc1OCc1c(C)noc1C. The number of non-ortho nitro benzene ring substituents is 1. The maximum Gasteiger partial charge on any atom is 0.338 e. The van der Waals surface area contributed by atoms with E-state index in [9.17, 15) is 14.9 Å². The molecule has 0 saturated heterocycles. The van der Waals surface area contributed by atoms with E-state index in [2.05, 4.69) is 5.16 Å². The van der Waals surface area contributed by atoms with Crippen LogP contribution in [-0.4, -0.2) is 23.2 Å². The molecule has 9 heteroatoms. The zero-order valence-electron chi connectivity index (χ0n) is 16.7. The first-order valence-electron chi connectivity index (χ1n) is 9.02. The van der Waals surface area contributed by atoms with E-state index in [4.69, 9.17) is 18.7 Å². The highest BCUT2D eigenvalue weighted by molar-refractivity contribution is 5.90. The lowest BCUT2D eigenvalue weighted by Crippen LogP contribution is -2.06. The van der Waals surface area contributed by atoms with E-state index in [0.717, 1.165) is 11.3 Å². The van der Waals surface area contributed by atoms with Gasteiger partial charge in [-0.15, -0.1) is 0 Å². The quantitative estimate of drug-likeness (QED) is 0.308. The number of aryl methyl sites for hydroxylation is 2. The lowest BCUT2D eigenvalue weighted by atomic mass is 10.2. The van der Waals surface area contributed by atoms with Crippen molar-refractivity contribution in [3.63, 3.8) is 0 Å². The first-order valence-corrected chi connectivity index (χ1v) is 9.02. The molecule has 156 valence electrons. The van der Waals surface area contributed by atoms with Gasteiger partial charge in [0.25, 0.3) is 5.69 Å². The molecule has 0 bridgehead atoms. The maximum absolute atomic E-state index is 12.4. The van der Waals surface area contributed by atoms with Crippen molar-refractivity contribution < 1.29 is 28.5 Å². The van der Waals surface area contributed by atoms with Crippen LogP contribution in [-0.2, 0) is 18.0 Å². The number of carbonyl (C=O) groups excluding carboxylic acids is 1. The van der Waals surface area contributed by atoms with Crippen LogP contribution < -0.4 is 9.47 Å². The number of carbonyl (C=O) groups is 1. The van der Waals surface area contributed by atoms with Crippen LogP contribution in [0.25, 0.3) is 0 Å². The summed E-state index contributed by atoms with van der Waals surface area (Å²) in [5, 5.41) is 14.7. The summed E-state index contributed by atoms with van der Waals surface area (Å²) < 4.78 is 21.5. The number of esters is 1. The molecule has 0 unspecified atom stereocenters. The molecular weight excluding hydrogens is 392 g/mol. The molecule has 0 fully saturated rings. The Labute approximate surface area is 172 Å². The molecule has 0 saturated carbocycles. The van der Waals surface area contributed by atoms with Crippen molar-refractivity contribution in [3.8, 4) is 11.5 Å². The molecule has 0 spiro atoms. The smallest absolute Gasteiger partial charge is 0.338 e. The lowest BCUT2D eigenvalue weighted by Gasteiger charge is -2.12. The molecule has 0 aliphatic carbocycles. The second-order valence-electron chi connectivity index (χ2n) is 6.46. The summed E-state index contributed by atoms with van der Waals surface area (Å²) in [5.74, 6) is 0.907. The third kappa shape index (κ3) is 4.75. The van der Waals surface area contributed by atoms with Gasteiger partial charge < -0.3 is 18.7 Å². The second-order valence-corrected chi connectivity index (χ2v) is 6.46. The zero-order chi connectivity index (χ0) is 21.7. The summed E-state index contributed by atoms with van der Waals surface area (Å²) in [4.78, 5) is 22.7. The van der Waals surface area contributed by atoms with Gasteiger partial charge in [-0.2, -0.15) is 0 Å². The highest BCUT2D eigenvalue weighted by atomic mass is 16.6. The van der Waals surface area contributed by atoms with Crippen LogP contribution in [0.1, 0.15) is 32.9 Å². The normalized spacial score (nSPS) is 10.5. The highest BCUT2D eigenvalue weighted by Crippen LogP contribution is 2.30. The molecule has 0 radical (unpaired) electrons. The maximum atomic E-state index is 12.4. The number of rotatable bonds is 8. The van der Waals surface area contributed by atoms with Gasteiger partial charge in [0.2, 0.25) is 0 Å². The van der Waals surface area contributed by atoms with Crippen LogP contribution in [0, 0.1) is 24.0 Å². The number of benzene rings is 2. The fourth-order valence-electron chi connectivity index (χ4n) is 2.76. The van der Waals surface area contributed by atoms with E-state index in [1.807, 2.05) is 6.92 Å². The molecule has 1 aromatic heterocycles. The van der Waals surface area contributed by atoms with Gasteiger partial charge in [0.15, 0.2) is 11.5 Å². The monoisotopic (exact) mass is 412 g/mol. The number of hydrogen-bond donors (Lipinski definition) is 0. The van der Waals surface area contributed by atoms with Crippen molar-refractivity contribution in [1.82, 2.24) is 5.16 Å². The molecule has 2 aromatic carbocycles. The Bertz CT molecular complexity index is 1060. The number of ether oxygens (including phenoxy) is 3. The van der Waals surface area contributed by atoms with Gasteiger partial charge in [-0.25, -0.2) is 4.79 Å². The van der Waals surface area contributed by atoms with Crippen molar-refractivity contribution in [1.29, 1.82) is 0 Å². The summed E-state index contributed by atoms with van der Waals surface area (Å²) >= 11 is 0. The van der Waals surface area contributed by atoms with Gasteiger partial charge in [0, 0.05) is 12.1 Å². The van der Waals surface area contributed by atoms with Crippen molar-refractivity contribution in [2.45, 2.75) is 27.1 Å². The predicted octanol–water partition coefficient (Wildman–Crippen LogP) is 4.14. The average Bonchev–Trinajstić information content (AvgIpc) is 3.07. The molecule has 1 heterocycles. The Morgan fingerprint density at radius 1 is 1.13 bits per heavy atom. The molecule has 0 N–H and O–H groups in total. The van der Waals surface area contributed by atoms with Gasteiger partial charge in [0.05, 0.1) is 28.9 Å². The molecule has 3 rings (SSSR count). The molecule has 9 nitrogen and oxygen atoms in total. The second kappa shape index (κ2) is 9.08. The van der Waals surface area contributed by atoms with E-state index >= 15 is 0 Å². The van der Waals surface area contributed by atoms with Gasteiger partial charge in [-0.05, 0) is 37.6 Å². The summed E-state index contributed by atoms with van der Waals surface area (Å²) in [5.41, 5.74) is 2.31. The number of nitro groups is 1. The van der Waals surface area contributed by atoms with Crippen LogP contribution >= 0.6 is 0 Å². The molecule has 0 amide bonds. The Morgan fingerprint density at radius 2 is 1.93 bits per heavy atom. The van der Waals surface area contributed by atoms with Crippen LogP contribution in [0.3, 0.4) is 0 Å². The van der Waals surface area contributed by atoms with Gasteiger partial charge >= 0.3 is 5.97 Å². The molecule has 0 atom stereocenters. The van der Waals surface area contributed by atoms with Gasteiger partial charge in [-0.3, -0.25) is 10.1 Å². The standard InChI is InChI=1S/C21H20N2O7/c1-13-18(14(2)30-22-13)12-28-19-8-7-16(10-20(19)27-3)21(24)29-11-15-5-4-6-17(9-15)23(25)26/h4-10H,11-12H2,1-3H3. The van der Waals surface area contributed by atoms with Crippen LogP contribution in [0.4, 0.5) is 5.69 Å². The third-order valence-corrected chi connectivity index (χ3v) is 4.44. The minimum Gasteiger partial charge on any atom is -0.493 e. The van der Waals surface area contributed by atoms with E-state index in [0.29, 0.717) is 22.8 Å². The first kappa shape index (κ1) is 20.8. The van der Waals surface area contributed by atoms with Crippen molar-refractivity contribution in [2.24, 2.45) is 0 Å². The van der Waals surface area contributed by atoms with Crippen LogP contribution in [0.2, 0.25) is 0 Å². The molecular formula is C21H20N2O7. The molecule has 0 aliphatic heterocycles. The predicted molar refractivity (Wildman–Crippen MR) is 106 cm³/mol. The van der Waals surface area contributed by atoms with E-state index in [1.54, 1.807) is 25.1 Å². The highest BCUT2D eigenvalue weighted by Gasteiger charge is 2.15. The van der Waals surface area contributed by atoms with E-state index < -0.39 is 10.9 Å². The zero-order valence-corrected chi connectivity index (χ0v) is 16.7. The molecule has 0 aliphatic rings. The first-order chi connectivity index (χ1) is 14.4. The summed E-state index contributed by atoms with van der Waals surface area (Å²) in [6.07, 6.45) is 0. The number of methoxy groups -OCH3 is 1. The fraction of sp³-hybridized carbons (Fsp3) is 0.238. The Balaban J connectivity index is 1.67. The molecule has 3 aromatic rings. The van der Waals surface area contributed by atoms with Gasteiger partial charge in [0.1, 0.15) is 19.0 Å². The number of aromatic nitrogens is 1. The summed E-state index contributed by atoms with van der Waals surface area (Å²) in [6.45, 7) is 3.78. The van der Waals surface area contributed by atoms with Crippen molar-refractivity contribution in [2.75, 3.05) is 7.11 Å². The Morgan fingerprint density at radius 3 is 2.60 bits per heavy atom. The number of hydrogen-bond acceptors (Lipinski definition) is 8. The summed E-state index contributed by atoms with van der Waals surface area (Å²) in [7, 11) is 1.47. The average molecular weight is 412 g/mol. The summed E-state index contributed by atoms with van der Waals surface area (Å²) in [6, 6.07) is 10.6. The largest absolute Gasteiger partial charge is 0.493 e. The molecule has 30 heavy (non-hydrogen) atoms. The van der Waals surface area contributed by atoms with E-state index in [-0.39, 0.29) is 24.5 Å². The minimum atomic E-state index is -0.586. The van der Waals surface area contributed by atoms with E-state index in [1.165, 1.54) is 31.4 Å². The number of nitro benzene ring substituents is 1. The van der Waals surface area contributed by atoms with Crippen molar-refractivity contribution in [3.05, 3.63) is 80.7 Å². The lowest BCUT2D eigenvalue weighted by molar-refractivity contribution is -0.384. The minimum absolute atomic E-state index is 0.0648. The Hall–Kier alpha value is -3.88. The third-order valence-electron chi connectivity index (χ3n) is 4.44. The Kier molecular flexibility index (Phi) is 6.31.